The number of rotatable bonds is 4. The maximum absolute atomic E-state index is 12.1. The Bertz CT molecular complexity index is 516. The Hall–Kier alpha value is -0.890. The molecule has 0 amide bonds. The van der Waals surface area contributed by atoms with Crippen LogP contribution in [0.3, 0.4) is 0 Å². The van der Waals surface area contributed by atoms with Gasteiger partial charge in [0.15, 0.2) is 11.7 Å². The van der Waals surface area contributed by atoms with Gasteiger partial charge in [0.05, 0.1) is 15.8 Å². The van der Waals surface area contributed by atoms with Crippen molar-refractivity contribution in [3.8, 4) is 5.06 Å². The van der Waals surface area contributed by atoms with Crippen LogP contribution in [0.2, 0.25) is 0 Å². The van der Waals surface area contributed by atoms with Gasteiger partial charge in [-0.25, -0.2) is 4.21 Å². The van der Waals surface area contributed by atoms with Crippen LogP contribution in [0.25, 0.3) is 0 Å². The summed E-state index contributed by atoms with van der Waals surface area (Å²) in [6.07, 6.45) is -2.96. The van der Waals surface area contributed by atoms with E-state index in [0.29, 0.717) is 10.4 Å². The molecule has 8 heteroatoms. The van der Waals surface area contributed by atoms with Gasteiger partial charge in [-0.2, -0.15) is 17.6 Å². The molecule has 3 nitrogen and oxygen atoms in total. The molecular weight excluding hydrogens is 311 g/mol. The van der Waals surface area contributed by atoms with Gasteiger partial charge in [0.1, 0.15) is 11.0 Å². The number of halogens is 3. The normalized spacial score (nSPS) is 14.8. The number of hydrogen-bond acceptors (Lipinski definition) is 3. The molecule has 1 heterocycles. The molecule has 0 spiro atoms. The third-order valence-electron chi connectivity index (χ3n) is 2.06. The van der Waals surface area contributed by atoms with Crippen molar-refractivity contribution in [1.82, 2.24) is 0 Å². The molecule has 0 aliphatic carbocycles. The fourth-order valence-corrected chi connectivity index (χ4v) is 2.59. The third kappa shape index (κ3) is 5.62. The summed E-state index contributed by atoms with van der Waals surface area (Å²) in [7, 11) is -1.40. The second kappa shape index (κ2) is 6.26. The van der Waals surface area contributed by atoms with Crippen molar-refractivity contribution in [3.63, 3.8) is 0 Å². The predicted molar refractivity (Wildman–Crippen MR) is 76.1 cm³/mol. The summed E-state index contributed by atoms with van der Waals surface area (Å²) in [6.45, 7) is 5.70. The number of hydrogen-bond donors (Lipinski definition) is 0. The highest BCUT2D eigenvalue weighted by Gasteiger charge is 2.29. The first-order valence-corrected chi connectivity index (χ1v) is 7.67. The molecule has 0 aliphatic heterocycles. The zero-order chi connectivity index (χ0) is 15.6. The summed E-state index contributed by atoms with van der Waals surface area (Å²) < 4.78 is 56.1. The van der Waals surface area contributed by atoms with E-state index in [-0.39, 0.29) is 5.06 Å². The Morgan fingerprint density at radius 3 is 2.50 bits per heavy atom. The van der Waals surface area contributed by atoms with E-state index in [1.54, 1.807) is 33.8 Å². The van der Waals surface area contributed by atoms with Gasteiger partial charge in [0.2, 0.25) is 0 Å². The minimum absolute atomic E-state index is 0.199. The lowest BCUT2D eigenvalue weighted by molar-refractivity contribution is -0.153. The largest absolute Gasteiger partial charge is 0.474 e. The lowest BCUT2D eigenvalue weighted by Gasteiger charge is -2.12. The molecule has 0 bridgehead atoms. The third-order valence-corrected chi connectivity index (χ3v) is 4.49. The summed E-state index contributed by atoms with van der Waals surface area (Å²) in [5, 5.41) is 0.199. The van der Waals surface area contributed by atoms with Crippen LogP contribution in [0.4, 0.5) is 13.2 Å². The van der Waals surface area contributed by atoms with E-state index in [1.807, 2.05) is 0 Å². The smallest absolute Gasteiger partial charge is 0.422 e. The SMILES string of the molecule is Cc1cc(C=N[S@@](=O)C(C)(C)C)sc1OCC(F)(F)F. The van der Waals surface area contributed by atoms with Crippen molar-refractivity contribution in [2.45, 2.75) is 38.6 Å². The fourth-order valence-electron chi connectivity index (χ4n) is 1.10. The summed E-state index contributed by atoms with van der Waals surface area (Å²) >= 11 is 1.05. The predicted octanol–water partition coefficient (Wildman–Crippen LogP) is 3.88. The minimum Gasteiger partial charge on any atom is -0.474 e. The number of aryl methyl sites for hydroxylation is 1. The quantitative estimate of drug-likeness (QED) is 0.787. The monoisotopic (exact) mass is 327 g/mol. The van der Waals surface area contributed by atoms with E-state index in [1.165, 1.54) is 6.21 Å². The van der Waals surface area contributed by atoms with Gasteiger partial charge < -0.3 is 4.74 Å². The van der Waals surface area contributed by atoms with Crippen LogP contribution in [-0.2, 0) is 11.0 Å². The second-order valence-electron chi connectivity index (χ2n) is 5.12. The summed E-state index contributed by atoms with van der Waals surface area (Å²) in [5.74, 6) is 0. The zero-order valence-corrected chi connectivity index (χ0v) is 13.2. The van der Waals surface area contributed by atoms with Crippen molar-refractivity contribution < 1.29 is 22.1 Å². The van der Waals surface area contributed by atoms with Crippen molar-refractivity contribution in [1.29, 1.82) is 0 Å². The molecule has 0 saturated carbocycles. The molecule has 20 heavy (non-hydrogen) atoms. The van der Waals surface area contributed by atoms with E-state index in [4.69, 9.17) is 4.74 Å². The Morgan fingerprint density at radius 2 is 2.00 bits per heavy atom. The average molecular weight is 327 g/mol. The van der Waals surface area contributed by atoms with Crippen LogP contribution in [0.1, 0.15) is 31.2 Å². The van der Waals surface area contributed by atoms with Gasteiger partial charge in [0, 0.05) is 5.56 Å². The first-order chi connectivity index (χ1) is 8.99. The molecule has 0 N–H and O–H groups in total. The van der Waals surface area contributed by atoms with Crippen LogP contribution >= 0.6 is 11.3 Å². The molecule has 0 aliphatic rings. The van der Waals surface area contributed by atoms with E-state index < -0.39 is 28.5 Å². The number of nitrogens with zero attached hydrogens (tertiary/aromatic N) is 1. The van der Waals surface area contributed by atoms with Gasteiger partial charge in [-0.1, -0.05) is 11.3 Å². The van der Waals surface area contributed by atoms with Crippen LogP contribution in [0.5, 0.6) is 5.06 Å². The molecule has 114 valence electrons. The molecule has 1 atom stereocenters. The minimum atomic E-state index is -4.36. The van der Waals surface area contributed by atoms with Crippen LogP contribution in [-0.4, -0.2) is 28.0 Å². The fraction of sp³-hybridized carbons (Fsp3) is 0.583. The molecule has 1 rings (SSSR count). The first kappa shape index (κ1) is 17.2. The van der Waals surface area contributed by atoms with Gasteiger partial charge in [0.25, 0.3) is 0 Å². The highest BCUT2D eigenvalue weighted by Crippen LogP contribution is 2.30. The Labute approximate surface area is 122 Å². The van der Waals surface area contributed by atoms with E-state index in [0.717, 1.165) is 11.3 Å². The maximum Gasteiger partial charge on any atom is 0.422 e. The van der Waals surface area contributed by atoms with Crippen molar-refractivity contribution >= 4 is 28.5 Å². The summed E-state index contributed by atoms with van der Waals surface area (Å²) in [4.78, 5) is 0.609. The molecule has 0 fully saturated rings. The average Bonchev–Trinajstić information content (AvgIpc) is 2.62. The highest BCUT2D eigenvalue weighted by atomic mass is 32.2. The van der Waals surface area contributed by atoms with E-state index >= 15 is 0 Å². The Balaban J connectivity index is 2.75. The van der Waals surface area contributed by atoms with Gasteiger partial charge in [-0.3, -0.25) is 0 Å². The first-order valence-electron chi connectivity index (χ1n) is 5.75. The Kier molecular flexibility index (Phi) is 5.37. The summed E-state index contributed by atoms with van der Waals surface area (Å²) in [6, 6.07) is 1.65. The standard InChI is InChI=1S/C12H16F3NO2S2/c1-8-5-9(6-16-20(17)11(2,3)4)19-10(8)18-7-12(13,14)15/h5-6H,7H2,1-4H3/t20-/m0/s1. The van der Waals surface area contributed by atoms with Crippen molar-refractivity contribution in [3.05, 3.63) is 16.5 Å². The Morgan fingerprint density at radius 1 is 1.40 bits per heavy atom. The van der Waals surface area contributed by atoms with Crippen LogP contribution in [0, 0.1) is 6.92 Å². The highest BCUT2D eigenvalue weighted by molar-refractivity contribution is 7.85. The molecular formula is C12H16F3NO2S2. The van der Waals surface area contributed by atoms with Crippen LogP contribution < -0.4 is 4.74 Å². The maximum atomic E-state index is 12.1. The van der Waals surface area contributed by atoms with Gasteiger partial charge >= 0.3 is 6.18 Å². The van der Waals surface area contributed by atoms with Crippen LogP contribution in [0.15, 0.2) is 10.5 Å². The van der Waals surface area contributed by atoms with Crippen molar-refractivity contribution in [2.24, 2.45) is 4.40 Å². The topological polar surface area (TPSA) is 38.7 Å². The molecule has 0 radical (unpaired) electrons. The molecule has 0 unspecified atom stereocenters. The number of thiophene rings is 1. The number of alkyl halides is 3. The lowest BCUT2D eigenvalue weighted by atomic mass is 10.3. The second-order valence-corrected chi connectivity index (χ2v) is 8.10. The van der Waals surface area contributed by atoms with Gasteiger partial charge in [-0.05, 0) is 33.8 Å². The lowest BCUT2D eigenvalue weighted by Crippen LogP contribution is -2.19. The molecule has 0 aromatic carbocycles. The molecule has 1 aromatic heterocycles. The summed E-state index contributed by atoms with van der Waals surface area (Å²) in [5.41, 5.74) is 0.599. The van der Waals surface area contributed by atoms with E-state index in [9.17, 15) is 17.4 Å². The molecule has 0 saturated heterocycles. The van der Waals surface area contributed by atoms with Gasteiger partial charge in [-0.15, -0.1) is 0 Å². The van der Waals surface area contributed by atoms with Crippen molar-refractivity contribution in [2.75, 3.05) is 6.61 Å². The zero-order valence-electron chi connectivity index (χ0n) is 11.6. The number of ether oxygens (including phenoxy) is 1. The molecule has 1 aromatic rings. The van der Waals surface area contributed by atoms with E-state index in [2.05, 4.69) is 4.40 Å².